The third-order valence-corrected chi connectivity index (χ3v) is 2.78. The molecule has 4 nitrogen and oxygen atoms in total. The van der Waals surface area contributed by atoms with Crippen LogP contribution in [0.25, 0.3) is 0 Å². The third kappa shape index (κ3) is 4.73. The van der Waals surface area contributed by atoms with Gasteiger partial charge in [0, 0.05) is 0 Å². The van der Waals surface area contributed by atoms with E-state index in [0.29, 0.717) is 0 Å². The molecular weight excluding hydrogens is 224 g/mol. The summed E-state index contributed by atoms with van der Waals surface area (Å²) in [6.45, 7) is 9.71. The van der Waals surface area contributed by atoms with E-state index in [0.717, 1.165) is 19.6 Å². The summed E-state index contributed by atoms with van der Waals surface area (Å²) >= 11 is 0. The van der Waals surface area contributed by atoms with E-state index in [9.17, 15) is 0 Å². The van der Waals surface area contributed by atoms with Gasteiger partial charge in [-0.3, -0.25) is 0 Å². The number of aromatic nitrogens is 4. The van der Waals surface area contributed by atoms with Crippen molar-refractivity contribution in [3.8, 4) is 0 Å². The van der Waals surface area contributed by atoms with Crippen molar-refractivity contribution < 1.29 is 9.13 Å². The molecule has 0 fully saturated rings. The van der Waals surface area contributed by atoms with Gasteiger partial charge in [0.2, 0.25) is 12.7 Å². The van der Waals surface area contributed by atoms with E-state index in [-0.39, 0.29) is 0 Å². The van der Waals surface area contributed by atoms with Crippen molar-refractivity contribution in [1.82, 2.24) is 9.13 Å². The fourth-order valence-corrected chi connectivity index (χ4v) is 1.71. The normalized spacial score (nSPS) is 10.0. The molecule has 0 amide bonds. The van der Waals surface area contributed by atoms with Gasteiger partial charge in [-0.2, -0.15) is 0 Å². The maximum Gasteiger partial charge on any atom is 0.243 e. The van der Waals surface area contributed by atoms with Crippen LogP contribution in [-0.2, 0) is 26.7 Å². The molecule has 0 aromatic carbocycles. The Balaban J connectivity index is 0.000000180. The highest BCUT2D eigenvalue weighted by Crippen LogP contribution is 1.85. The molecule has 0 aliphatic heterocycles. The number of rotatable bonds is 4. The largest absolute Gasteiger partial charge is 0.243 e. The van der Waals surface area contributed by atoms with Crippen molar-refractivity contribution in [2.24, 2.45) is 7.05 Å². The zero-order valence-electron chi connectivity index (χ0n) is 12.1. The minimum absolute atomic E-state index is 1.06. The van der Waals surface area contributed by atoms with Crippen LogP contribution in [0.1, 0.15) is 27.2 Å². The van der Waals surface area contributed by atoms with Gasteiger partial charge in [-0.25, -0.2) is 18.3 Å². The van der Waals surface area contributed by atoms with Gasteiger partial charge >= 0.3 is 0 Å². The van der Waals surface area contributed by atoms with Crippen LogP contribution in [0.15, 0.2) is 37.4 Å². The molecule has 2 aromatic rings. The molecule has 0 spiro atoms. The highest BCUT2D eigenvalue weighted by Gasteiger charge is 1.96. The summed E-state index contributed by atoms with van der Waals surface area (Å²) in [5, 5.41) is 0. The molecule has 0 aliphatic rings. The first-order valence-electron chi connectivity index (χ1n) is 6.75. The van der Waals surface area contributed by atoms with Gasteiger partial charge in [0.1, 0.15) is 24.8 Å². The van der Waals surface area contributed by atoms with Crippen LogP contribution in [-0.4, -0.2) is 9.13 Å². The average Bonchev–Trinajstić information content (AvgIpc) is 2.99. The highest BCUT2D eigenvalue weighted by molar-refractivity contribution is 4.65. The first kappa shape index (κ1) is 14.5. The zero-order chi connectivity index (χ0) is 13.4. The molecular formula is C14H26N4+2. The van der Waals surface area contributed by atoms with Gasteiger partial charge in [0.15, 0.2) is 0 Å². The number of aryl methyl sites for hydroxylation is 4. The first-order chi connectivity index (χ1) is 8.69. The summed E-state index contributed by atoms with van der Waals surface area (Å²) in [4.78, 5) is 0. The van der Waals surface area contributed by atoms with Gasteiger partial charge in [-0.15, -0.1) is 0 Å². The van der Waals surface area contributed by atoms with Crippen molar-refractivity contribution >= 4 is 0 Å². The second-order valence-corrected chi connectivity index (χ2v) is 4.39. The van der Waals surface area contributed by atoms with E-state index < -0.39 is 0 Å². The average molecular weight is 250 g/mol. The van der Waals surface area contributed by atoms with Crippen molar-refractivity contribution in [2.45, 2.75) is 46.8 Å². The smallest absolute Gasteiger partial charge is 0.240 e. The van der Waals surface area contributed by atoms with Gasteiger partial charge in [-0.1, -0.05) is 6.92 Å². The monoisotopic (exact) mass is 250 g/mol. The molecule has 0 unspecified atom stereocenters. The molecule has 0 bridgehead atoms. The van der Waals surface area contributed by atoms with Gasteiger partial charge in [-0.05, 0) is 20.3 Å². The molecule has 4 heteroatoms. The van der Waals surface area contributed by atoms with Crippen molar-refractivity contribution in [1.29, 1.82) is 0 Å². The molecule has 0 N–H and O–H groups in total. The minimum atomic E-state index is 1.06. The van der Waals surface area contributed by atoms with E-state index in [1.807, 2.05) is 7.05 Å². The Labute approximate surface area is 110 Å². The number of imidazole rings is 2. The standard InChI is InChI=1S/2C7H13N2/c1-3-4-9-6-5-8(2)7-9;1-3-8-5-6-9(4-2)7-8/h2*5-7H,3-4H2,1-2H3/q2*+1. The zero-order valence-corrected chi connectivity index (χ0v) is 12.1. The first-order valence-corrected chi connectivity index (χ1v) is 6.75. The second kappa shape index (κ2) is 7.69. The molecule has 0 aliphatic carbocycles. The summed E-state index contributed by atoms with van der Waals surface area (Å²) < 4.78 is 8.54. The summed E-state index contributed by atoms with van der Waals surface area (Å²) in [6.07, 6.45) is 13.7. The van der Waals surface area contributed by atoms with E-state index in [4.69, 9.17) is 0 Å². The van der Waals surface area contributed by atoms with E-state index >= 15 is 0 Å². The molecule has 2 rings (SSSR count). The van der Waals surface area contributed by atoms with Crippen LogP contribution in [0.4, 0.5) is 0 Å². The van der Waals surface area contributed by atoms with E-state index in [1.165, 1.54) is 6.42 Å². The third-order valence-electron chi connectivity index (χ3n) is 2.78. The van der Waals surface area contributed by atoms with Crippen LogP contribution >= 0.6 is 0 Å². The molecule has 2 aromatic heterocycles. The molecule has 0 radical (unpaired) electrons. The fourth-order valence-electron chi connectivity index (χ4n) is 1.71. The van der Waals surface area contributed by atoms with Gasteiger partial charge < -0.3 is 0 Å². The predicted octanol–water partition coefficient (Wildman–Crippen LogP) is 1.54. The van der Waals surface area contributed by atoms with Gasteiger partial charge in [0.25, 0.3) is 0 Å². The number of hydrogen-bond donors (Lipinski definition) is 0. The Morgan fingerprint density at radius 3 is 2.06 bits per heavy atom. The Morgan fingerprint density at radius 1 is 0.944 bits per heavy atom. The lowest BCUT2D eigenvalue weighted by atomic mass is 10.5. The highest BCUT2D eigenvalue weighted by atomic mass is 15.1. The lowest BCUT2D eigenvalue weighted by Gasteiger charge is -1.86. The quantitative estimate of drug-likeness (QED) is 0.733. The minimum Gasteiger partial charge on any atom is -0.240 e. The fraction of sp³-hybridized carbons (Fsp3) is 0.571. The lowest BCUT2D eigenvalue weighted by molar-refractivity contribution is -0.693. The summed E-state index contributed by atoms with van der Waals surface area (Å²) in [5.74, 6) is 0. The predicted molar refractivity (Wildman–Crippen MR) is 71.9 cm³/mol. The van der Waals surface area contributed by atoms with Crippen LogP contribution in [0.2, 0.25) is 0 Å². The SMILES string of the molecule is CCCn1cc[n+](C)c1.CCn1cc[n+](CC)c1. The second-order valence-electron chi connectivity index (χ2n) is 4.39. The summed E-state index contributed by atoms with van der Waals surface area (Å²) in [7, 11) is 2.03. The maximum absolute atomic E-state index is 2.18. The molecule has 0 atom stereocenters. The summed E-state index contributed by atoms with van der Waals surface area (Å²) in [5.41, 5.74) is 0. The topological polar surface area (TPSA) is 17.6 Å². The van der Waals surface area contributed by atoms with Crippen LogP contribution in [0.3, 0.4) is 0 Å². The Morgan fingerprint density at radius 2 is 1.67 bits per heavy atom. The maximum atomic E-state index is 2.18. The Hall–Kier alpha value is -1.58. The molecule has 0 saturated carbocycles. The number of nitrogens with zero attached hydrogens (tertiary/aromatic N) is 4. The molecule has 0 saturated heterocycles. The van der Waals surface area contributed by atoms with Crippen molar-refractivity contribution in [3.63, 3.8) is 0 Å². The summed E-state index contributed by atoms with van der Waals surface area (Å²) in [6, 6.07) is 0. The Kier molecular flexibility index (Phi) is 6.19. The van der Waals surface area contributed by atoms with Crippen LogP contribution in [0, 0.1) is 0 Å². The number of hydrogen-bond acceptors (Lipinski definition) is 0. The van der Waals surface area contributed by atoms with Crippen LogP contribution in [0.5, 0.6) is 0 Å². The molecule has 18 heavy (non-hydrogen) atoms. The van der Waals surface area contributed by atoms with Crippen molar-refractivity contribution in [2.75, 3.05) is 0 Å². The molecule has 2 heterocycles. The van der Waals surface area contributed by atoms with E-state index in [1.54, 1.807) is 0 Å². The van der Waals surface area contributed by atoms with Crippen molar-refractivity contribution in [3.05, 3.63) is 37.4 Å². The lowest BCUT2D eigenvalue weighted by Crippen LogP contribution is -2.28. The Bertz CT molecular complexity index is 424. The van der Waals surface area contributed by atoms with Crippen LogP contribution < -0.4 is 9.13 Å². The van der Waals surface area contributed by atoms with E-state index in [2.05, 4.69) is 76.5 Å². The molecule has 100 valence electrons. The van der Waals surface area contributed by atoms with Gasteiger partial charge in [0.05, 0.1) is 26.7 Å².